The molecule has 3 nitrogen and oxygen atoms in total. The van der Waals surface area contributed by atoms with E-state index in [-0.39, 0.29) is 0 Å². The molecule has 1 aromatic carbocycles. The van der Waals surface area contributed by atoms with E-state index >= 15 is 0 Å². The molecule has 0 radical (unpaired) electrons. The van der Waals surface area contributed by atoms with Gasteiger partial charge in [0.15, 0.2) is 0 Å². The number of nitrogens with zero attached hydrogens (tertiary/aromatic N) is 2. The molecule has 0 amide bonds. The van der Waals surface area contributed by atoms with Crippen molar-refractivity contribution in [1.82, 2.24) is 9.97 Å². The molecule has 90 valence electrons. The predicted molar refractivity (Wildman–Crippen MR) is 79.8 cm³/mol. The van der Waals surface area contributed by atoms with Crippen LogP contribution in [0.4, 0.5) is 11.5 Å². The van der Waals surface area contributed by atoms with Crippen molar-refractivity contribution in [2.45, 2.75) is 0 Å². The number of hydrogen-bond acceptors (Lipinski definition) is 4. The minimum absolute atomic E-state index is 0.578. The summed E-state index contributed by atoms with van der Waals surface area (Å²) in [6, 6.07) is 7.78. The monoisotopic (exact) mass is 339 g/mol. The summed E-state index contributed by atoms with van der Waals surface area (Å²) in [4.78, 5) is 8.48. The van der Waals surface area contributed by atoms with E-state index in [1.165, 1.54) is 0 Å². The molecular formula is C12H7BrClN3S. The van der Waals surface area contributed by atoms with Crippen LogP contribution >= 0.6 is 38.9 Å². The molecule has 18 heavy (non-hydrogen) atoms. The third-order valence-electron chi connectivity index (χ3n) is 2.40. The lowest BCUT2D eigenvalue weighted by Gasteiger charge is -2.07. The van der Waals surface area contributed by atoms with Gasteiger partial charge in [0.05, 0.1) is 20.7 Å². The van der Waals surface area contributed by atoms with E-state index in [4.69, 9.17) is 11.6 Å². The van der Waals surface area contributed by atoms with Gasteiger partial charge in [0.1, 0.15) is 5.82 Å². The Morgan fingerprint density at radius 2 is 2.11 bits per heavy atom. The highest BCUT2D eigenvalue weighted by Gasteiger charge is 2.04. The van der Waals surface area contributed by atoms with E-state index in [1.807, 2.05) is 29.8 Å². The van der Waals surface area contributed by atoms with E-state index < -0.39 is 0 Å². The lowest BCUT2D eigenvalue weighted by Crippen LogP contribution is -1.94. The summed E-state index contributed by atoms with van der Waals surface area (Å²) in [6.07, 6.45) is 1.71. The van der Waals surface area contributed by atoms with Gasteiger partial charge >= 0.3 is 0 Å². The lowest BCUT2D eigenvalue weighted by atomic mass is 10.3. The van der Waals surface area contributed by atoms with Crippen molar-refractivity contribution in [3.8, 4) is 0 Å². The molecule has 2 aromatic heterocycles. The van der Waals surface area contributed by atoms with Crippen LogP contribution in [0.2, 0.25) is 5.02 Å². The van der Waals surface area contributed by atoms with E-state index in [0.717, 1.165) is 20.4 Å². The Morgan fingerprint density at radius 3 is 2.94 bits per heavy atom. The summed E-state index contributed by atoms with van der Waals surface area (Å²) in [5, 5.41) is 3.77. The third kappa shape index (κ3) is 2.34. The van der Waals surface area contributed by atoms with Gasteiger partial charge in [-0.2, -0.15) is 0 Å². The first-order chi connectivity index (χ1) is 8.72. The summed E-state index contributed by atoms with van der Waals surface area (Å²) in [7, 11) is 0. The average molecular weight is 341 g/mol. The number of pyridine rings is 1. The van der Waals surface area contributed by atoms with Crippen molar-refractivity contribution in [3.05, 3.63) is 45.5 Å². The molecule has 0 bridgehead atoms. The third-order valence-corrected chi connectivity index (χ3v) is 3.92. The molecule has 3 rings (SSSR count). The van der Waals surface area contributed by atoms with Crippen LogP contribution in [0.15, 0.2) is 40.4 Å². The van der Waals surface area contributed by atoms with Crippen LogP contribution in [-0.4, -0.2) is 9.97 Å². The first kappa shape index (κ1) is 11.9. The van der Waals surface area contributed by atoms with Crippen molar-refractivity contribution in [2.24, 2.45) is 0 Å². The Hall–Kier alpha value is -1.17. The second kappa shape index (κ2) is 4.84. The van der Waals surface area contributed by atoms with Gasteiger partial charge in [0.25, 0.3) is 0 Å². The molecule has 0 aliphatic heterocycles. The zero-order valence-electron chi connectivity index (χ0n) is 9.02. The van der Waals surface area contributed by atoms with Crippen LogP contribution in [0.3, 0.4) is 0 Å². The number of thiazole rings is 1. The second-order valence-corrected chi connectivity index (χ2v) is 5.85. The fraction of sp³-hybridized carbons (Fsp3) is 0. The minimum Gasteiger partial charge on any atom is -0.339 e. The van der Waals surface area contributed by atoms with Crippen molar-refractivity contribution >= 4 is 60.6 Å². The number of hydrogen-bond donors (Lipinski definition) is 1. The molecule has 0 unspecified atom stereocenters. The SMILES string of the molecule is Clc1cc(Br)cnc1Nc1ccc2ncsc2c1. The van der Waals surface area contributed by atoms with Crippen LogP contribution in [-0.2, 0) is 0 Å². The van der Waals surface area contributed by atoms with Gasteiger partial charge in [-0.1, -0.05) is 11.6 Å². The number of halogens is 2. The fourth-order valence-electron chi connectivity index (χ4n) is 1.58. The summed E-state index contributed by atoms with van der Waals surface area (Å²) >= 11 is 11.0. The maximum Gasteiger partial charge on any atom is 0.149 e. The lowest BCUT2D eigenvalue weighted by molar-refractivity contribution is 1.29. The van der Waals surface area contributed by atoms with Gasteiger partial charge in [0, 0.05) is 16.4 Å². The highest BCUT2D eigenvalue weighted by atomic mass is 79.9. The topological polar surface area (TPSA) is 37.8 Å². The molecule has 2 heterocycles. The van der Waals surface area contributed by atoms with E-state index in [2.05, 4.69) is 31.2 Å². The van der Waals surface area contributed by atoms with Gasteiger partial charge < -0.3 is 5.32 Å². The molecule has 6 heteroatoms. The van der Waals surface area contributed by atoms with Crippen molar-refractivity contribution in [2.75, 3.05) is 5.32 Å². The van der Waals surface area contributed by atoms with Crippen LogP contribution in [0.1, 0.15) is 0 Å². The maximum atomic E-state index is 6.11. The molecule has 3 aromatic rings. The Kier molecular flexibility index (Phi) is 3.20. The molecular weight excluding hydrogens is 334 g/mol. The zero-order valence-corrected chi connectivity index (χ0v) is 12.2. The maximum absolute atomic E-state index is 6.11. The average Bonchev–Trinajstić information content (AvgIpc) is 2.80. The highest BCUT2D eigenvalue weighted by Crippen LogP contribution is 2.28. The van der Waals surface area contributed by atoms with E-state index in [0.29, 0.717) is 10.8 Å². The van der Waals surface area contributed by atoms with Gasteiger partial charge in [-0.25, -0.2) is 9.97 Å². The summed E-state index contributed by atoms with van der Waals surface area (Å²) < 4.78 is 1.99. The van der Waals surface area contributed by atoms with Crippen molar-refractivity contribution in [3.63, 3.8) is 0 Å². The summed E-state index contributed by atoms with van der Waals surface area (Å²) in [5.41, 5.74) is 3.78. The van der Waals surface area contributed by atoms with Crippen molar-refractivity contribution < 1.29 is 0 Å². The fourth-order valence-corrected chi connectivity index (χ4v) is 2.97. The van der Waals surface area contributed by atoms with Gasteiger partial charge in [-0.15, -0.1) is 11.3 Å². The summed E-state index contributed by atoms with van der Waals surface area (Å²) in [5.74, 6) is 0.642. The quantitative estimate of drug-likeness (QED) is 0.724. The number of benzene rings is 1. The summed E-state index contributed by atoms with van der Waals surface area (Å²) in [6.45, 7) is 0. The normalized spacial score (nSPS) is 10.8. The van der Waals surface area contributed by atoms with Crippen LogP contribution in [0.5, 0.6) is 0 Å². The molecule has 0 aliphatic rings. The highest BCUT2D eigenvalue weighted by molar-refractivity contribution is 9.10. The van der Waals surface area contributed by atoms with Gasteiger partial charge in [-0.05, 0) is 40.2 Å². The smallest absolute Gasteiger partial charge is 0.149 e. The number of aromatic nitrogens is 2. The molecule has 0 saturated heterocycles. The van der Waals surface area contributed by atoms with Crippen LogP contribution < -0.4 is 5.32 Å². The predicted octanol–water partition coefficient (Wildman–Crippen LogP) is 4.85. The molecule has 0 atom stereocenters. The second-order valence-electron chi connectivity index (χ2n) is 3.64. The largest absolute Gasteiger partial charge is 0.339 e. The standard InChI is InChI=1S/C12H7BrClN3S/c13-7-3-9(14)12(15-5-7)17-8-1-2-10-11(4-8)18-6-16-10/h1-6H,(H,15,17). The van der Waals surface area contributed by atoms with Crippen LogP contribution in [0.25, 0.3) is 10.2 Å². The molecule has 0 aliphatic carbocycles. The molecule has 1 N–H and O–H groups in total. The van der Waals surface area contributed by atoms with Crippen molar-refractivity contribution in [1.29, 1.82) is 0 Å². The minimum atomic E-state index is 0.578. The Morgan fingerprint density at radius 1 is 1.22 bits per heavy atom. The van der Waals surface area contributed by atoms with Gasteiger partial charge in [0.2, 0.25) is 0 Å². The number of fused-ring (bicyclic) bond motifs is 1. The van der Waals surface area contributed by atoms with E-state index in [9.17, 15) is 0 Å². The Labute approximate surface area is 121 Å². The Bertz CT molecular complexity index is 713. The first-order valence-corrected chi connectivity index (χ1v) is 7.19. The molecule has 0 fully saturated rings. The van der Waals surface area contributed by atoms with E-state index in [1.54, 1.807) is 17.5 Å². The number of anilines is 2. The number of rotatable bonds is 2. The molecule has 0 saturated carbocycles. The molecule has 0 spiro atoms. The van der Waals surface area contributed by atoms with Crippen LogP contribution in [0, 0.1) is 0 Å². The van der Waals surface area contributed by atoms with Gasteiger partial charge in [-0.3, -0.25) is 0 Å². The zero-order chi connectivity index (χ0) is 12.5. The number of nitrogens with one attached hydrogen (secondary N) is 1. The first-order valence-electron chi connectivity index (χ1n) is 5.14. The Balaban J connectivity index is 1.95.